The van der Waals surface area contributed by atoms with Crippen molar-refractivity contribution in [2.45, 2.75) is 58.1 Å². The third kappa shape index (κ3) is 5.27. The van der Waals surface area contributed by atoms with Crippen LogP contribution in [0.4, 0.5) is 4.39 Å². The Morgan fingerprint density at radius 3 is 2.45 bits per heavy atom. The molecular weight excluding hydrogens is 393 g/mol. The summed E-state index contributed by atoms with van der Waals surface area (Å²) in [5.74, 6) is 0.131. The van der Waals surface area contributed by atoms with Crippen LogP contribution in [-0.2, 0) is 4.74 Å². The van der Waals surface area contributed by atoms with Crippen molar-refractivity contribution in [1.82, 2.24) is 4.90 Å². The van der Waals surface area contributed by atoms with E-state index in [9.17, 15) is 9.18 Å². The van der Waals surface area contributed by atoms with Gasteiger partial charge in [0.2, 0.25) is 0 Å². The lowest BCUT2D eigenvalue weighted by Gasteiger charge is -2.43. The van der Waals surface area contributed by atoms with Gasteiger partial charge in [0.05, 0.1) is 12.2 Å². The second kappa shape index (κ2) is 8.62. The summed E-state index contributed by atoms with van der Waals surface area (Å²) < 4.78 is 26.2. The largest absolute Gasteiger partial charge is 0.493 e. The van der Waals surface area contributed by atoms with Crippen molar-refractivity contribution >= 4 is 5.97 Å². The van der Waals surface area contributed by atoms with Crippen molar-refractivity contribution in [3.05, 3.63) is 65.0 Å². The highest BCUT2D eigenvalue weighted by Gasteiger charge is 2.33. The molecule has 2 aromatic rings. The van der Waals surface area contributed by atoms with E-state index in [1.54, 1.807) is 26.8 Å². The first kappa shape index (κ1) is 21.8. The van der Waals surface area contributed by atoms with Gasteiger partial charge in [-0.3, -0.25) is 4.90 Å². The molecule has 1 aliphatic carbocycles. The lowest BCUT2D eigenvalue weighted by atomic mass is 9.96. The summed E-state index contributed by atoms with van der Waals surface area (Å²) in [6, 6.07) is 13.9. The zero-order valence-electron chi connectivity index (χ0n) is 18.9. The molecular formula is C26H32FNO3. The van der Waals surface area contributed by atoms with E-state index in [0.29, 0.717) is 30.2 Å². The third-order valence-electron chi connectivity index (χ3n) is 6.03. The zero-order valence-corrected chi connectivity index (χ0v) is 18.9. The molecule has 0 bridgehead atoms. The molecule has 0 spiro atoms. The molecule has 1 atom stereocenters. The fourth-order valence-corrected chi connectivity index (χ4v) is 4.08. The molecule has 1 saturated carbocycles. The average Bonchev–Trinajstić information content (AvgIpc) is 3.51. The van der Waals surface area contributed by atoms with E-state index in [1.165, 1.54) is 11.6 Å². The van der Waals surface area contributed by atoms with Crippen LogP contribution in [0.3, 0.4) is 0 Å². The standard InChI is InChI=1S/C26H32FNO3/c1-17(19-8-6-5-7-9-19)28-14-18(15-28)16-30-24-13-23(27)22(12-21(24)20-10-11-20)25(29)31-26(2,3)4/h5-9,12-13,17-18,20H,10-11,14-16H2,1-4H3. The highest BCUT2D eigenvalue weighted by atomic mass is 19.1. The van der Waals surface area contributed by atoms with Gasteiger partial charge in [-0.05, 0) is 63.6 Å². The fraction of sp³-hybridized carbons (Fsp3) is 0.500. The maximum atomic E-state index is 14.7. The minimum atomic E-state index is -0.661. The minimum absolute atomic E-state index is 0.00400. The lowest BCUT2D eigenvalue weighted by molar-refractivity contribution is 0.00643. The third-order valence-corrected chi connectivity index (χ3v) is 6.03. The van der Waals surface area contributed by atoms with E-state index in [1.807, 2.05) is 6.07 Å². The number of likely N-dealkylation sites (tertiary alicyclic amines) is 1. The molecule has 2 fully saturated rings. The molecule has 1 saturated heterocycles. The van der Waals surface area contributed by atoms with Crippen LogP contribution in [-0.4, -0.2) is 36.2 Å². The predicted molar refractivity (Wildman–Crippen MR) is 119 cm³/mol. The molecule has 0 amide bonds. The molecule has 1 unspecified atom stereocenters. The summed E-state index contributed by atoms with van der Waals surface area (Å²) in [4.78, 5) is 14.8. The zero-order chi connectivity index (χ0) is 22.2. The predicted octanol–water partition coefficient (Wildman–Crippen LogP) is 5.73. The molecule has 4 rings (SSSR count). The number of ether oxygens (including phenoxy) is 2. The number of carbonyl (C=O) groups is 1. The van der Waals surface area contributed by atoms with Crippen molar-refractivity contribution in [2.75, 3.05) is 19.7 Å². The van der Waals surface area contributed by atoms with Crippen LogP contribution in [0.15, 0.2) is 42.5 Å². The Balaban J connectivity index is 1.38. The second-order valence-electron chi connectivity index (χ2n) is 9.86. The highest BCUT2D eigenvalue weighted by Crippen LogP contribution is 2.45. The van der Waals surface area contributed by atoms with Gasteiger partial charge in [-0.15, -0.1) is 0 Å². The minimum Gasteiger partial charge on any atom is -0.493 e. The normalized spacial score (nSPS) is 18.4. The van der Waals surface area contributed by atoms with E-state index in [2.05, 4.69) is 36.1 Å². The van der Waals surface area contributed by atoms with Gasteiger partial charge in [0.25, 0.3) is 0 Å². The Labute approximate surface area is 184 Å². The number of benzene rings is 2. The van der Waals surface area contributed by atoms with Crippen molar-refractivity contribution < 1.29 is 18.7 Å². The molecule has 4 nitrogen and oxygen atoms in total. The summed E-state index contributed by atoms with van der Waals surface area (Å²) in [5, 5.41) is 0. The van der Waals surface area contributed by atoms with Gasteiger partial charge in [-0.2, -0.15) is 0 Å². The molecule has 2 aliphatic rings. The van der Waals surface area contributed by atoms with Crippen LogP contribution < -0.4 is 4.74 Å². The maximum absolute atomic E-state index is 14.7. The summed E-state index contributed by atoms with van der Waals surface area (Å²) >= 11 is 0. The first-order chi connectivity index (χ1) is 14.7. The van der Waals surface area contributed by atoms with Gasteiger partial charge in [-0.25, -0.2) is 9.18 Å². The van der Waals surface area contributed by atoms with Gasteiger partial charge >= 0.3 is 5.97 Å². The van der Waals surface area contributed by atoms with Crippen LogP contribution in [0.1, 0.15) is 74.0 Å². The van der Waals surface area contributed by atoms with E-state index in [0.717, 1.165) is 31.5 Å². The van der Waals surface area contributed by atoms with Gasteiger partial charge in [0.15, 0.2) is 0 Å². The van der Waals surface area contributed by atoms with Crippen LogP contribution in [0.2, 0.25) is 0 Å². The van der Waals surface area contributed by atoms with E-state index < -0.39 is 17.4 Å². The number of nitrogens with zero attached hydrogens (tertiary/aromatic N) is 1. The van der Waals surface area contributed by atoms with Crippen LogP contribution in [0.5, 0.6) is 5.75 Å². The second-order valence-corrected chi connectivity index (χ2v) is 9.86. The maximum Gasteiger partial charge on any atom is 0.341 e. The monoisotopic (exact) mass is 425 g/mol. The Kier molecular flexibility index (Phi) is 6.07. The number of hydrogen-bond donors (Lipinski definition) is 0. The van der Waals surface area contributed by atoms with E-state index >= 15 is 0 Å². The number of rotatable bonds is 7. The van der Waals surface area contributed by atoms with Crippen molar-refractivity contribution in [2.24, 2.45) is 5.92 Å². The first-order valence-corrected chi connectivity index (χ1v) is 11.2. The summed E-state index contributed by atoms with van der Waals surface area (Å²) in [7, 11) is 0. The number of halogens is 1. The van der Waals surface area contributed by atoms with E-state index in [4.69, 9.17) is 9.47 Å². The fourth-order valence-electron chi connectivity index (χ4n) is 4.08. The Hall–Kier alpha value is -2.40. The lowest BCUT2D eigenvalue weighted by Crippen LogP contribution is -2.50. The Bertz CT molecular complexity index is 928. The number of hydrogen-bond acceptors (Lipinski definition) is 4. The number of esters is 1. The molecule has 0 N–H and O–H groups in total. The molecule has 1 aliphatic heterocycles. The molecule has 0 radical (unpaired) electrons. The highest BCUT2D eigenvalue weighted by molar-refractivity contribution is 5.90. The molecule has 31 heavy (non-hydrogen) atoms. The number of carbonyl (C=O) groups excluding carboxylic acids is 1. The van der Waals surface area contributed by atoms with Gasteiger partial charge < -0.3 is 9.47 Å². The molecule has 166 valence electrons. The molecule has 0 aromatic heterocycles. The SMILES string of the molecule is CC(c1ccccc1)N1CC(COc2cc(F)c(C(=O)OC(C)(C)C)cc2C2CC2)C1. The average molecular weight is 426 g/mol. The molecule has 2 aromatic carbocycles. The first-order valence-electron chi connectivity index (χ1n) is 11.2. The van der Waals surface area contributed by atoms with Crippen LogP contribution in [0, 0.1) is 11.7 Å². The Morgan fingerprint density at radius 1 is 1.16 bits per heavy atom. The topological polar surface area (TPSA) is 38.8 Å². The van der Waals surface area contributed by atoms with Gasteiger partial charge in [0, 0.05) is 31.1 Å². The van der Waals surface area contributed by atoms with E-state index in [-0.39, 0.29) is 5.56 Å². The summed E-state index contributed by atoms with van der Waals surface area (Å²) in [5.41, 5.74) is 1.58. The van der Waals surface area contributed by atoms with Gasteiger partial charge in [-0.1, -0.05) is 30.3 Å². The molecule has 5 heteroatoms. The summed E-state index contributed by atoms with van der Waals surface area (Å²) in [6.45, 7) is 10.1. The molecule has 1 heterocycles. The van der Waals surface area contributed by atoms with Crippen molar-refractivity contribution in [1.29, 1.82) is 0 Å². The summed E-state index contributed by atoms with van der Waals surface area (Å²) in [6.07, 6.45) is 2.09. The smallest absolute Gasteiger partial charge is 0.341 e. The quantitative estimate of drug-likeness (QED) is 0.531. The van der Waals surface area contributed by atoms with Crippen molar-refractivity contribution in [3.8, 4) is 5.75 Å². The van der Waals surface area contributed by atoms with Crippen LogP contribution in [0.25, 0.3) is 0 Å². The van der Waals surface area contributed by atoms with Crippen molar-refractivity contribution in [3.63, 3.8) is 0 Å². The van der Waals surface area contributed by atoms with Crippen LogP contribution >= 0.6 is 0 Å². The Morgan fingerprint density at radius 2 is 1.84 bits per heavy atom. The van der Waals surface area contributed by atoms with Gasteiger partial charge in [0.1, 0.15) is 17.2 Å².